The number of aromatic nitrogens is 3. The van der Waals surface area contributed by atoms with Crippen molar-refractivity contribution >= 4 is 33.6 Å². The summed E-state index contributed by atoms with van der Waals surface area (Å²) >= 11 is 4.83. The third-order valence-electron chi connectivity index (χ3n) is 3.98. The second-order valence-electron chi connectivity index (χ2n) is 6.38. The topological polar surface area (TPSA) is 59.8 Å². The highest BCUT2D eigenvalue weighted by Crippen LogP contribution is 2.29. The molecule has 0 saturated carbocycles. The fourth-order valence-electron chi connectivity index (χ4n) is 2.83. The molecule has 0 atom stereocenters. The van der Waals surface area contributed by atoms with Gasteiger partial charge in [-0.25, -0.2) is 0 Å². The maximum Gasteiger partial charge on any atom is 0.230 e. The quantitative estimate of drug-likeness (QED) is 0.413. The van der Waals surface area contributed by atoms with E-state index in [-0.39, 0.29) is 11.7 Å². The predicted octanol–water partition coefficient (Wildman–Crippen LogP) is 4.71. The van der Waals surface area contributed by atoms with E-state index in [4.69, 9.17) is 0 Å². The first-order valence-electron chi connectivity index (χ1n) is 8.78. The first kappa shape index (κ1) is 20.4. The van der Waals surface area contributed by atoms with Crippen molar-refractivity contribution in [3.8, 4) is 17.1 Å². The van der Waals surface area contributed by atoms with E-state index in [9.17, 15) is 4.79 Å². The van der Waals surface area contributed by atoms with Crippen molar-refractivity contribution in [2.75, 3.05) is 12.3 Å². The van der Waals surface area contributed by atoms with Crippen molar-refractivity contribution < 1.29 is 4.79 Å². The number of nitrogens with one attached hydrogen (secondary N) is 1. The van der Waals surface area contributed by atoms with Gasteiger partial charge in [-0.05, 0) is 49.2 Å². The second-order valence-corrected chi connectivity index (χ2v) is 8.23. The molecule has 2 aromatic carbocycles. The molecule has 0 aliphatic carbocycles. The lowest BCUT2D eigenvalue weighted by Crippen LogP contribution is -2.25. The molecule has 0 spiro atoms. The van der Waals surface area contributed by atoms with Crippen LogP contribution in [0, 0.1) is 13.8 Å². The summed E-state index contributed by atoms with van der Waals surface area (Å²) in [4.78, 5) is 12.0. The maximum atomic E-state index is 12.0. The molecule has 0 bridgehead atoms. The predicted molar refractivity (Wildman–Crippen MR) is 118 cm³/mol. The number of thioether (sulfide) groups is 1. The third-order valence-corrected chi connectivity index (χ3v) is 5.43. The third kappa shape index (κ3) is 4.91. The molecule has 0 unspecified atom stereocenters. The summed E-state index contributed by atoms with van der Waals surface area (Å²) < 4.78 is 3.01. The lowest BCUT2D eigenvalue weighted by molar-refractivity contribution is -0.118. The summed E-state index contributed by atoms with van der Waals surface area (Å²) in [6, 6.07) is 14.3. The Kier molecular flexibility index (Phi) is 6.70. The minimum atomic E-state index is -0.0648. The fraction of sp³-hybridized carbons (Fsp3) is 0.190. The van der Waals surface area contributed by atoms with E-state index in [0.717, 1.165) is 32.7 Å². The van der Waals surface area contributed by atoms with Gasteiger partial charge in [0.05, 0.1) is 11.4 Å². The van der Waals surface area contributed by atoms with Gasteiger partial charge in [0, 0.05) is 16.6 Å². The number of halogens is 1. The van der Waals surface area contributed by atoms with Gasteiger partial charge in [0.25, 0.3) is 0 Å². The molecule has 1 aromatic heterocycles. The van der Waals surface area contributed by atoms with Gasteiger partial charge in [-0.3, -0.25) is 9.36 Å². The largest absolute Gasteiger partial charge is 0.352 e. The minimum Gasteiger partial charge on any atom is -0.352 e. The van der Waals surface area contributed by atoms with Crippen molar-refractivity contribution in [1.29, 1.82) is 0 Å². The zero-order chi connectivity index (χ0) is 20.1. The van der Waals surface area contributed by atoms with Crippen LogP contribution < -0.4 is 5.32 Å². The number of aryl methyl sites for hydroxylation is 2. The van der Waals surface area contributed by atoms with E-state index in [2.05, 4.69) is 70.1 Å². The highest BCUT2D eigenvalue weighted by Gasteiger charge is 2.17. The average molecular weight is 457 g/mol. The van der Waals surface area contributed by atoms with Crippen molar-refractivity contribution in [3.05, 3.63) is 70.7 Å². The van der Waals surface area contributed by atoms with Gasteiger partial charge < -0.3 is 5.32 Å². The lowest BCUT2D eigenvalue weighted by Gasteiger charge is -2.12. The summed E-state index contributed by atoms with van der Waals surface area (Å²) in [5.41, 5.74) is 4.25. The molecule has 5 nitrogen and oxygen atoms in total. The molecule has 1 heterocycles. The van der Waals surface area contributed by atoms with Crippen molar-refractivity contribution in [2.24, 2.45) is 0 Å². The highest BCUT2D eigenvalue weighted by molar-refractivity contribution is 9.10. The molecule has 0 radical (unpaired) electrons. The van der Waals surface area contributed by atoms with Gasteiger partial charge in [0.15, 0.2) is 11.0 Å². The van der Waals surface area contributed by atoms with E-state index in [1.165, 1.54) is 11.8 Å². The van der Waals surface area contributed by atoms with E-state index in [1.807, 2.05) is 28.8 Å². The number of hydrogen-bond acceptors (Lipinski definition) is 4. The van der Waals surface area contributed by atoms with Crippen LogP contribution in [-0.4, -0.2) is 33.0 Å². The summed E-state index contributed by atoms with van der Waals surface area (Å²) in [6.45, 7) is 8.19. The van der Waals surface area contributed by atoms with Gasteiger partial charge in [0.2, 0.25) is 5.91 Å². The molecule has 1 N–H and O–H groups in total. The standard InChI is InChI=1S/C21H21BrN4OS/c1-4-9-23-19(27)13-28-21-25-24-20(16-5-7-17(22)8-6-16)26(21)18-11-14(2)10-15(3)12-18/h4-8,10-12H,1,9,13H2,2-3H3,(H,23,27). The zero-order valence-corrected chi connectivity index (χ0v) is 18.2. The summed E-state index contributed by atoms with van der Waals surface area (Å²) in [5, 5.41) is 12.2. The Hall–Kier alpha value is -2.38. The van der Waals surface area contributed by atoms with Crippen molar-refractivity contribution in [3.63, 3.8) is 0 Å². The van der Waals surface area contributed by atoms with Crippen LogP contribution in [0.2, 0.25) is 0 Å². The number of hydrogen-bond donors (Lipinski definition) is 1. The van der Waals surface area contributed by atoms with Crippen LogP contribution in [0.4, 0.5) is 0 Å². The minimum absolute atomic E-state index is 0.0648. The van der Waals surface area contributed by atoms with Gasteiger partial charge in [0.1, 0.15) is 0 Å². The molecular weight excluding hydrogens is 436 g/mol. The number of carbonyl (C=O) groups is 1. The van der Waals surface area contributed by atoms with Crippen LogP contribution in [0.3, 0.4) is 0 Å². The number of amides is 1. The Balaban J connectivity index is 2.01. The summed E-state index contributed by atoms with van der Waals surface area (Å²) in [5.74, 6) is 0.938. The van der Waals surface area contributed by atoms with Crippen molar-refractivity contribution in [2.45, 2.75) is 19.0 Å². The molecule has 7 heteroatoms. The zero-order valence-electron chi connectivity index (χ0n) is 15.8. The van der Waals surface area contributed by atoms with E-state index in [0.29, 0.717) is 11.7 Å². The van der Waals surface area contributed by atoms with Crippen LogP contribution in [0.5, 0.6) is 0 Å². The molecule has 144 valence electrons. The van der Waals surface area contributed by atoms with E-state index >= 15 is 0 Å². The van der Waals surface area contributed by atoms with Gasteiger partial charge in [-0.15, -0.1) is 16.8 Å². The maximum absolute atomic E-state index is 12.0. The molecule has 0 fully saturated rings. The Morgan fingerprint density at radius 2 is 1.86 bits per heavy atom. The second kappa shape index (κ2) is 9.21. The summed E-state index contributed by atoms with van der Waals surface area (Å²) in [7, 11) is 0. The van der Waals surface area contributed by atoms with Crippen LogP contribution in [0.25, 0.3) is 17.1 Å². The Labute approximate surface area is 177 Å². The lowest BCUT2D eigenvalue weighted by atomic mass is 10.1. The van der Waals surface area contributed by atoms with Crippen LogP contribution >= 0.6 is 27.7 Å². The SMILES string of the molecule is C=CCNC(=O)CSc1nnc(-c2ccc(Br)cc2)n1-c1cc(C)cc(C)c1. The fourth-order valence-corrected chi connectivity index (χ4v) is 3.88. The number of carbonyl (C=O) groups excluding carboxylic acids is 1. The monoisotopic (exact) mass is 456 g/mol. The number of benzene rings is 2. The average Bonchev–Trinajstić information content (AvgIpc) is 3.08. The molecule has 28 heavy (non-hydrogen) atoms. The Morgan fingerprint density at radius 3 is 2.50 bits per heavy atom. The first-order valence-corrected chi connectivity index (χ1v) is 10.6. The Morgan fingerprint density at radius 1 is 1.18 bits per heavy atom. The van der Waals surface area contributed by atoms with Crippen LogP contribution in [0.15, 0.2) is 64.7 Å². The first-order chi connectivity index (χ1) is 13.5. The molecule has 0 aliphatic rings. The molecule has 1 amide bonds. The number of nitrogens with zero attached hydrogens (tertiary/aromatic N) is 3. The van der Waals surface area contributed by atoms with Gasteiger partial charge >= 0.3 is 0 Å². The van der Waals surface area contributed by atoms with E-state index < -0.39 is 0 Å². The van der Waals surface area contributed by atoms with Gasteiger partial charge in [-0.1, -0.05) is 52.0 Å². The van der Waals surface area contributed by atoms with Crippen molar-refractivity contribution in [1.82, 2.24) is 20.1 Å². The molecule has 0 aliphatic heterocycles. The van der Waals surface area contributed by atoms with Crippen LogP contribution in [-0.2, 0) is 4.79 Å². The highest BCUT2D eigenvalue weighted by atomic mass is 79.9. The van der Waals surface area contributed by atoms with E-state index in [1.54, 1.807) is 6.08 Å². The molecule has 0 saturated heterocycles. The summed E-state index contributed by atoms with van der Waals surface area (Å²) in [6.07, 6.45) is 1.66. The molecular formula is C21H21BrN4OS. The molecule has 3 aromatic rings. The number of rotatable bonds is 7. The normalized spacial score (nSPS) is 10.7. The molecule has 3 rings (SSSR count). The van der Waals surface area contributed by atoms with Crippen LogP contribution in [0.1, 0.15) is 11.1 Å². The smallest absolute Gasteiger partial charge is 0.230 e. The Bertz CT molecular complexity index is 978. The van der Waals surface area contributed by atoms with Gasteiger partial charge in [-0.2, -0.15) is 0 Å².